The minimum atomic E-state index is 1.15. The molecular formula is C27H20. The molecule has 0 N–H and O–H groups in total. The molecule has 0 heteroatoms. The summed E-state index contributed by atoms with van der Waals surface area (Å²) in [6, 6.07) is 31.3. The highest BCUT2D eigenvalue weighted by Crippen LogP contribution is 2.50. The van der Waals surface area contributed by atoms with E-state index >= 15 is 0 Å². The third-order valence-corrected chi connectivity index (χ3v) is 6.17. The Hall–Kier alpha value is -3.12. The molecule has 0 radical (unpaired) electrons. The van der Waals surface area contributed by atoms with Gasteiger partial charge in [-0.2, -0.15) is 0 Å². The molecule has 0 aliphatic heterocycles. The van der Waals surface area contributed by atoms with Gasteiger partial charge in [0.2, 0.25) is 0 Å². The first kappa shape index (κ1) is 15.0. The zero-order valence-corrected chi connectivity index (χ0v) is 15.2. The van der Waals surface area contributed by atoms with Crippen LogP contribution in [0.3, 0.4) is 0 Å². The zero-order valence-electron chi connectivity index (χ0n) is 15.2. The Morgan fingerprint density at radius 1 is 0.519 bits per heavy atom. The Balaban J connectivity index is 1.77. The van der Waals surface area contributed by atoms with Crippen molar-refractivity contribution >= 4 is 21.9 Å². The number of fused-ring (bicyclic) bond motifs is 6. The van der Waals surface area contributed by atoms with E-state index < -0.39 is 0 Å². The SMILES string of the molecule is c1ccc2c(c1)C(=C1CCCc3ccc4ccccc4c31)c1ccccc1-2. The van der Waals surface area contributed by atoms with Crippen LogP contribution in [0.15, 0.2) is 84.9 Å². The van der Waals surface area contributed by atoms with Crippen LogP contribution in [0.25, 0.3) is 33.0 Å². The topological polar surface area (TPSA) is 0 Å². The second kappa shape index (κ2) is 5.69. The van der Waals surface area contributed by atoms with Gasteiger partial charge in [0.05, 0.1) is 0 Å². The fraction of sp³-hybridized carbons (Fsp3) is 0.111. The first-order valence-electron chi connectivity index (χ1n) is 9.85. The summed E-state index contributed by atoms with van der Waals surface area (Å²) >= 11 is 0. The standard InChI is InChI=1S/C27H20/c1-2-10-20-18(8-1)16-17-19-9-7-15-25(26(19)20)27-23-13-5-3-11-21(23)22-12-4-6-14-24(22)27/h1-6,8,10-14,16-17H,7,9,15H2. The van der Waals surface area contributed by atoms with Crippen molar-refractivity contribution in [3.05, 3.63) is 107 Å². The molecule has 6 rings (SSSR count). The van der Waals surface area contributed by atoms with Crippen LogP contribution in [0, 0.1) is 0 Å². The number of aryl methyl sites for hydroxylation is 1. The van der Waals surface area contributed by atoms with E-state index in [4.69, 9.17) is 0 Å². The maximum Gasteiger partial charge on any atom is -0.00606 e. The molecule has 0 bridgehead atoms. The maximum atomic E-state index is 2.35. The summed E-state index contributed by atoms with van der Waals surface area (Å²) < 4.78 is 0. The van der Waals surface area contributed by atoms with Crippen LogP contribution < -0.4 is 0 Å². The fourth-order valence-corrected chi connectivity index (χ4v) is 5.05. The smallest absolute Gasteiger partial charge is 0.00606 e. The Kier molecular flexibility index (Phi) is 3.16. The quantitative estimate of drug-likeness (QED) is 0.281. The van der Waals surface area contributed by atoms with Gasteiger partial charge in [0.15, 0.2) is 0 Å². The van der Waals surface area contributed by atoms with Crippen molar-refractivity contribution in [2.24, 2.45) is 0 Å². The van der Waals surface area contributed by atoms with Crippen molar-refractivity contribution in [2.75, 3.05) is 0 Å². The Bertz CT molecular complexity index is 1190. The highest BCUT2D eigenvalue weighted by molar-refractivity contribution is 6.13. The van der Waals surface area contributed by atoms with Crippen molar-refractivity contribution in [3.8, 4) is 11.1 Å². The van der Waals surface area contributed by atoms with Gasteiger partial charge in [-0.3, -0.25) is 0 Å². The van der Waals surface area contributed by atoms with E-state index in [2.05, 4.69) is 84.9 Å². The second-order valence-electron chi connectivity index (χ2n) is 7.62. The number of rotatable bonds is 0. The van der Waals surface area contributed by atoms with E-state index in [1.54, 1.807) is 0 Å². The van der Waals surface area contributed by atoms with E-state index in [-0.39, 0.29) is 0 Å². The summed E-state index contributed by atoms with van der Waals surface area (Å²) in [5.74, 6) is 0. The van der Waals surface area contributed by atoms with E-state index in [1.807, 2.05) is 0 Å². The molecule has 0 atom stereocenters. The first-order chi connectivity index (χ1) is 13.4. The van der Waals surface area contributed by atoms with Gasteiger partial charge in [-0.25, -0.2) is 0 Å². The van der Waals surface area contributed by atoms with Gasteiger partial charge in [0, 0.05) is 0 Å². The zero-order chi connectivity index (χ0) is 17.8. The second-order valence-corrected chi connectivity index (χ2v) is 7.62. The molecule has 27 heavy (non-hydrogen) atoms. The first-order valence-corrected chi connectivity index (χ1v) is 9.85. The molecule has 0 saturated carbocycles. The van der Waals surface area contributed by atoms with Crippen LogP contribution in [-0.2, 0) is 6.42 Å². The number of allylic oxidation sites excluding steroid dienone is 1. The van der Waals surface area contributed by atoms with Gasteiger partial charge in [-0.1, -0.05) is 84.9 Å². The molecule has 4 aromatic rings. The molecule has 0 amide bonds. The third kappa shape index (κ3) is 2.10. The summed E-state index contributed by atoms with van der Waals surface area (Å²) in [6.45, 7) is 0. The van der Waals surface area contributed by atoms with E-state index in [0.29, 0.717) is 0 Å². The van der Waals surface area contributed by atoms with Crippen molar-refractivity contribution in [2.45, 2.75) is 19.3 Å². The molecule has 2 aliphatic rings. The van der Waals surface area contributed by atoms with E-state index in [9.17, 15) is 0 Å². The third-order valence-electron chi connectivity index (χ3n) is 6.17. The number of benzene rings is 4. The molecule has 0 nitrogen and oxygen atoms in total. The lowest BCUT2D eigenvalue weighted by molar-refractivity contribution is 0.826. The van der Waals surface area contributed by atoms with Crippen LogP contribution in [0.5, 0.6) is 0 Å². The van der Waals surface area contributed by atoms with Crippen LogP contribution >= 0.6 is 0 Å². The molecular weight excluding hydrogens is 324 g/mol. The lowest BCUT2D eigenvalue weighted by Gasteiger charge is -2.24. The molecule has 0 aromatic heterocycles. The van der Waals surface area contributed by atoms with E-state index in [0.717, 1.165) is 6.42 Å². The van der Waals surface area contributed by atoms with Gasteiger partial charge in [-0.15, -0.1) is 0 Å². The summed E-state index contributed by atoms with van der Waals surface area (Å²) in [4.78, 5) is 0. The molecule has 0 saturated heterocycles. The Labute approximate surface area is 159 Å². The van der Waals surface area contributed by atoms with Gasteiger partial charge >= 0.3 is 0 Å². The molecule has 0 heterocycles. The van der Waals surface area contributed by atoms with Crippen molar-refractivity contribution in [1.29, 1.82) is 0 Å². The number of hydrogen-bond donors (Lipinski definition) is 0. The predicted molar refractivity (Wildman–Crippen MR) is 115 cm³/mol. The van der Waals surface area contributed by atoms with Gasteiger partial charge in [0.1, 0.15) is 0 Å². The molecule has 0 fully saturated rings. The van der Waals surface area contributed by atoms with Gasteiger partial charge in [-0.05, 0) is 74.6 Å². The van der Waals surface area contributed by atoms with Crippen molar-refractivity contribution in [1.82, 2.24) is 0 Å². The Morgan fingerprint density at radius 3 is 1.89 bits per heavy atom. The average Bonchev–Trinajstić information content (AvgIpc) is 3.07. The normalized spacial score (nSPS) is 14.8. The van der Waals surface area contributed by atoms with Gasteiger partial charge in [0.25, 0.3) is 0 Å². The van der Waals surface area contributed by atoms with E-state index in [1.165, 1.54) is 68.1 Å². The highest BCUT2D eigenvalue weighted by Gasteiger charge is 2.28. The summed E-state index contributed by atoms with van der Waals surface area (Å²) in [6.07, 6.45) is 3.56. The highest BCUT2D eigenvalue weighted by atomic mass is 14.3. The summed E-state index contributed by atoms with van der Waals surface area (Å²) in [7, 11) is 0. The monoisotopic (exact) mass is 344 g/mol. The lowest BCUT2D eigenvalue weighted by Crippen LogP contribution is -2.05. The molecule has 0 spiro atoms. The van der Waals surface area contributed by atoms with Crippen LogP contribution in [0.1, 0.15) is 35.1 Å². The molecule has 0 unspecified atom stereocenters. The van der Waals surface area contributed by atoms with Crippen LogP contribution in [0.4, 0.5) is 0 Å². The van der Waals surface area contributed by atoms with Crippen LogP contribution in [0.2, 0.25) is 0 Å². The summed E-state index contributed by atoms with van der Waals surface area (Å²) in [5.41, 5.74) is 11.5. The van der Waals surface area contributed by atoms with Crippen molar-refractivity contribution < 1.29 is 0 Å². The largest absolute Gasteiger partial charge is 0.0616 e. The van der Waals surface area contributed by atoms with Crippen LogP contribution in [-0.4, -0.2) is 0 Å². The molecule has 128 valence electrons. The van der Waals surface area contributed by atoms with Gasteiger partial charge < -0.3 is 0 Å². The van der Waals surface area contributed by atoms with Crippen molar-refractivity contribution in [3.63, 3.8) is 0 Å². The average molecular weight is 344 g/mol. The molecule has 4 aromatic carbocycles. The Morgan fingerprint density at radius 2 is 1.15 bits per heavy atom. The fourth-order valence-electron chi connectivity index (χ4n) is 5.05. The number of hydrogen-bond acceptors (Lipinski definition) is 0. The summed E-state index contributed by atoms with van der Waals surface area (Å²) in [5, 5.41) is 2.75. The minimum Gasteiger partial charge on any atom is -0.0616 e. The maximum absolute atomic E-state index is 2.35. The molecule has 2 aliphatic carbocycles. The minimum absolute atomic E-state index is 1.15. The lowest BCUT2D eigenvalue weighted by atomic mass is 9.80. The predicted octanol–water partition coefficient (Wildman–Crippen LogP) is 7.12.